The van der Waals surface area contributed by atoms with Crippen LogP contribution in [0.1, 0.15) is 32.6 Å². The predicted molar refractivity (Wildman–Crippen MR) is 50.4 cm³/mol. The smallest absolute Gasteiger partial charge is 0.213 e. The van der Waals surface area contributed by atoms with Gasteiger partial charge in [0.1, 0.15) is 0 Å². The maximum atomic E-state index is 5.65. The largest absolute Gasteiger partial charge is 0.368 e. The van der Waals surface area contributed by atoms with Gasteiger partial charge < -0.3 is 16.5 Å². The third-order valence-corrected chi connectivity index (χ3v) is 2.17. The first-order valence-electron chi connectivity index (χ1n) is 4.59. The molecular weight excluding hydrogens is 152 g/mol. The van der Waals surface area contributed by atoms with Crippen molar-refractivity contribution >= 4 is 5.96 Å². The number of nitrogens with two attached hydrogens (primary N) is 2. The molecule has 1 aliphatic rings. The van der Waals surface area contributed by atoms with Gasteiger partial charge in [-0.1, -0.05) is 13.3 Å². The summed E-state index contributed by atoms with van der Waals surface area (Å²) in [7, 11) is 0. The third kappa shape index (κ3) is 2.29. The Kier molecular flexibility index (Phi) is 3.19. The lowest BCUT2D eigenvalue weighted by molar-refractivity contribution is 0.393. The lowest BCUT2D eigenvalue weighted by Gasteiger charge is -2.22. The maximum absolute atomic E-state index is 5.65. The van der Waals surface area contributed by atoms with Crippen molar-refractivity contribution in [3.8, 4) is 0 Å². The molecule has 0 saturated heterocycles. The van der Waals surface area contributed by atoms with E-state index in [1.807, 2.05) is 0 Å². The highest BCUT2D eigenvalue weighted by Gasteiger charge is 2.29. The van der Waals surface area contributed by atoms with E-state index in [1.165, 1.54) is 19.3 Å². The molecule has 0 bridgehead atoms. The molecule has 0 aliphatic heterocycles. The van der Waals surface area contributed by atoms with Crippen LogP contribution in [0, 0.1) is 0 Å². The summed E-state index contributed by atoms with van der Waals surface area (Å²) >= 11 is 0. The number of nitrogens with zero attached hydrogens (tertiary/aromatic N) is 2. The number of rotatable bonds is 4. The molecule has 0 atom stereocenters. The Balaban J connectivity index is 2.37. The fraction of sp³-hybridized carbons (Fsp3) is 0.875. The van der Waals surface area contributed by atoms with Crippen molar-refractivity contribution < 1.29 is 0 Å². The monoisotopic (exact) mass is 170 g/mol. The second-order valence-corrected chi connectivity index (χ2v) is 3.27. The second-order valence-electron chi connectivity index (χ2n) is 3.27. The van der Waals surface area contributed by atoms with Gasteiger partial charge in [-0.05, 0) is 19.3 Å². The molecule has 70 valence electrons. The summed E-state index contributed by atoms with van der Waals surface area (Å²) in [4.78, 5) is 2.11. The Morgan fingerprint density at radius 3 is 2.67 bits per heavy atom. The van der Waals surface area contributed by atoms with E-state index in [0.717, 1.165) is 13.0 Å². The van der Waals surface area contributed by atoms with E-state index in [1.54, 1.807) is 0 Å². The summed E-state index contributed by atoms with van der Waals surface area (Å²) in [6.45, 7) is 3.16. The molecule has 1 rings (SSSR count). The van der Waals surface area contributed by atoms with Crippen LogP contribution in [0.25, 0.3) is 0 Å². The zero-order valence-corrected chi connectivity index (χ0v) is 7.66. The van der Waals surface area contributed by atoms with Crippen LogP contribution < -0.4 is 11.6 Å². The number of hydrogen-bond acceptors (Lipinski definition) is 2. The topological polar surface area (TPSA) is 67.6 Å². The number of hydrazone groups is 1. The lowest BCUT2D eigenvalue weighted by Crippen LogP contribution is -2.40. The zero-order chi connectivity index (χ0) is 8.97. The van der Waals surface area contributed by atoms with Gasteiger partial charge in [0.15, 0.2) is 0 Å². The van der Waals surface area contributed by atoms with Crippen molar-refractivity contribution in [1.82, 2.24) is 4.90 Å². The van der Waals surface area contributed by atoms with E-state index in [-0.39, 0.29) is 0 Å². The Bertz CT molecular complexity index is 162. The van der Waals surface area contributed by atoms with Crippen molar-refractivity contribution in [1.29, 1.82) is 0 Å². The van der Waals surface area contributed by atoms with E-state index >= 15 is 0 Å². The summed E-state index contributed by atoms with van der Waals surface area (Å²) in [5, 5.41) is 3.52. The van der Waals surface area contributed by atoms with Crippen molar-refractivity contribution in [3.63, 3.8) is 0 Å². The fourth-order valence-electron chi connectivity index (χ4n) is 1.27. The molecule has 1 aliphatic carbocycles. The molecule has 0 radical (unpaired) electrons. The highest BCUT2D eigenvalue weighted by molar-refractivity contribution is 5.78. The lowest BCUT2D eigenvalue weighted by atomic mass is 10.3. The van der Waals surface area contributed by atoms with Gasteiger partial charge in [-0.2, -0.15) is 0 Å². The van der Waals surface area contributed by atoms with Crippen LogP contribution in [-0.4, -0.2) is 23.4 Å². The van der Waals surface area contributed by atoms with Crippen molar-refractivity contribution in [2.45, 2.75) is 38.6 Å². The number of hydrogen-bond donors (Lipinski definition) is 2. The summed E-state index contributed by atoms with van der Waals surface area (Å²) in [5.41, 5.74) is 5.65. The van der Waals surface area contributed by atoms with E-state index in [4.69, 9.17) is 11.6 Å². The molecule has 4 N–H and O–H groups in total. The minimum Gasteiger partial charge on any atom is -0.368 e. The predicted octanol–water partition coefficient (Wildman–Crippen LogP) is 0.439. The van der Waals surface area contributed by atoms with Gasteiger partial charge in [0, 0.05) is 12.6 Å². The second kappa shape index (κ2) is 4.18. The molecule has 0 amide bonds. The van der Waals surface area contributed by atoms with Crippen LogP contribution in [0.5, 0.6) is 0 Å². The average Bonchev–Trinajstić information content (AvgIpc) is 2.88. The van der Waals surface area contributed by atoms with Crippen LogP contribution in [0.15, 0.2) is 5.10 Å². The van der Waals surface area contributed by atoms with Crippen LogP contribution in [0.4, 0.5) is 0 Å². The molecule has 0 spiro atoms. The molecule has 0 heterocycles. The molecule has 0 unspecified atom stereocenters. The van der Waals surface area contributed by atoms with Crippen LogP contribution in [-0.2, 0) is 0 Å². The van der Waals surface area contributed by atoms with E-state index < -0.39 is 0 Å². The van der Waals surface area contributed by atoms with E-state index in [2.05, 4.69) is 16.9 Å². The van der Waals surface area contributed by atoms with Gasteiger partial charge in [0.05, 0.1) is 0 Å². The number of unbranched alkanes of at least 4 members (excludes halogenated alkanes) is 1. The summed E-state index contributed by atoms with van der Waals surface area (Å²) < 4.78 is 0. The Hall–Kier alpha value is -0.930. The first kappa shape index (κ1) is 9.16. The van der Waals surface area contributed by atoms with Crippen molar-refractivity contribution in [3.05, 3.63) is 0 Å². The van der Waals surface area contributed by atoms with Gasteiger partial charge in [0.2, 0.25) is 5.96 Å². The van der Waals surface area contributed by atoms with Crippen LogP contribution in [0.3, 0.4) is 0 Å². The highest BCUT2D eigenvalue weighted by atomic mass is 15.3. The average molecular weight is 170 g/mol. The molecule has 4 nitrogen and oxygen atoms in total. The summed E-state index contributed by atoms with van der Waals surface area (Å²) in [6.07, 6.45) is 4.81. The Labute approximate surface area is 73.6 Å². The van der Waals surface area contributed by atoms with Crippen LogP contribution >= 0.6 is 0 Å². The minimum atomic E-state index is 0.492. The molecule has 0 aromatic heterocycles. The Morgan fingerprint density at radius 1 is 1.58 bits per heavy atom. The normalized spacial score (nSPS) is 17.9. The standard InChI is InChI=1S/C8H18N4/c1-2-3-6-12(7-4-5-7)8(9)11-10/h7H,2-6,10H2,1H3,(H2,9,11). The molecule has 0 aromatic carbocycles. The van der Waals surface area contributed by atoms with Gasteiger partial charge in [0.25, 0.3) is 0 Å². The van der Waals surface area contributed by atoms with Crippen molar-refractivity contribution in [2.75, 3.05) is 6.54 Å². The van der Waals surface area contributed by atoms with E-state index in [0.29, 0.717) is 12.0 Å². The minimum absolute atomic E-state index is 0.492. The SMILES string of the molecule is CCCCN(C(N)=NN)C1CC1. The molecule has 4 heteroatoms. The van der Waals surface area contributed by atoms with Gasteiger partial charge in [-0.15, -0.1) is 5.10 Å². The van der Waals surface area contributed by atoms with E-state index in [9.17, 15) is 0 Å². The molecule has 12 heavy (non-hydrogen) atoms. The molecule has 0 aromatic rings. The first-order chi connectivity index (χ1) is 5.79. The Morgan fingerprint density at radius 2 is 2.25 bits per heavy atom. The molecule has 1 fully saturated rings. The van der Waals surface area contributed by atoms with Crippen molar-refractivity contribution in [2.24, 2.45) is 16.7 Å². The maximum Gasteiger partial charge on any atom is 0.213 e. The molecular formula is C8H18N4. The third-order valence-electron chi connectivity index (χ3n) is 2.17. The zero-order valence-electron chi connectivity index (χ0n) is 7.66. The highest BCUT2D eigenvalue weighted by Crippen LogP contribution is 2.26. The first-order valence-corrected chi connectivity index (χ1v) is 4.59. The number of guanidine groups is 1. The van der Waals surface area contributed by atoms with Crippen LogP contribution in [0.2, 0.25) is 0 Å². The van der Waals surface area contributed by atoms with Gasteiger partial charge in [-0.25, -0.2) is 0 Å². The summed E-state index contributed by atoms with van der Waals surface area (Å²) in [6, 6.07) is 0.615. The van der Waals surface area contributed by atoms with Gasteiger partial charge in [-0.3, -0.25) is 0 Å². The summed E-state index contributed by atoms with van der Waals surface area (Å²) in [5.74, 6) is 5.62. The quantitative estimate of drug-likeness (QED) is 0.278. The van der Waals surface area contributed by atoms with Gasteiger partial charge >= 0.3 is 0 Å². The fourth-order valence-corrected chi connectivity index (χ4v) is 1.27. The molecule has 1 saturated carbocycles.